The zero-order valence-corrected chi connectivity index (χ0v) is 22.3. The number of para-hydroxylation sites is 4. The third kappa shape index (κ3) is 2.98. The normalized spacial score (nSPS) is 13.9. The molecular weight excluding hydrogens is 518 g/mol. The molecule has 0 bridgehead atoms. The van der Waals surface area contributed by atoms with Gasteiger partial charge in [-0.05, 0) is 81.5 Å². The topological polar surface area (TPSA) is 36.9 Å². The molecule has 0 saturated heterocycles. The van der Waals surface area contributed by atoms with Crippen LogP contribution in [0.3, 0.4) is 0 Å². The molecule has 6 heteroatoms. The lowest BCUT2D eigenvalue weighted by molar-refractivity contribution is 0.463. The first-order valence-electron chi connectivity index (χ1n) is 14.2. The van der Waals surface area contributed by atoms with Crippen LogP contribution in [0.4, 0.5) is 0 Å². The predicted octanol–water partition coefficient (Wildman–Crippen LogP) is 4.81. The predicted molar refractivity (Wildman–Crippen MR) is 167 cm³/mol. The molecule has 4 aliphatic heterocycles. The van der Waals surface area contributed by atoms with E-state index < -0.39 is 0 Å². The van der Waals surface area contributed by atoms with E-state index in [2.05, 4.69) is 72.8 Å². The van der Waals surface area contributed by atoms with Crippen molar-refractivity contribution in [3.63, 3.8) is 0 Å². The second-order valence-electron chi connectivity index (χ2n) is 11.2. The highest BCUT2D eigenvalue weighted by Gasteiger charge is 2.42. The standard InChI is InChI=1S/C36H20B2O4/c1-5-13-27-23(9-1)37-24-10-2-6-14-28(24)40-32-18-21(17-31(39-27)35(32)37)22-19-33-36-34(20-22)42-30-16-8-4-12-26(30)38(36)25-11-3-7-15-29(25)41-33/h1-20H. The Hall–Kier alpha value is -5.35. The Labute approximate surface area is 243 Å². The Balaban J connectivity index is 1.18. The van der Waals surface area contributed by atoms with E-state index in [0.717, 1.165) is 89.9 Å². The van der Waals surface area contributed by atoms with Gasteiger partial charge in [0.05, 0.1) is 0 Å². The highest BCUT2D eigenvalue weighted by Crippen LogP contribution is 2.42. The van der Waals surface area contributed by atoms with Gasteiger partial charge in [0.1, 0.15) is 46.0 Å². The Morgan fingerprint density at radius 2 is 0.571 bits per heavy atom. The van der Waals surface area contributed by atoms with E-state index in [-0.39, 0.29) is 13.4 Å². The summed E-state index contributed by atoms with van der Waals surface area (Å²) in [6, 6.07) is 41.6. The first kappa shape index (κ1) is 22.4. The van der Waals surface area contributed by atoms with Crippen LogP contribution in [0.2, 0.25) is 0 Å². The zero-order chi connectivity index (χ0) is 27.4. The van der Waals surface area contributed by atoms with Gasteiger partial charge in [-0.2, -0.15) is 0 Å². The van der Waals surface area contributed by atoms with Crippen molar-refractivity contribution in [2.75, 3.05) is 0 Å². The van der Waals surface area contributed by atoms with Gasteiger partial charge in [-0.1, -0.05) is 72.8 Å². The summed E-state index contributed by atoms with van der Waals surface area (Å²) in [6.45, 7) is 0.0909. The monoisotopic (exact) mass is 538 g/mol. The second kappa shape index (κ2) is 8.11. The lowest BCUT2D eigenvalue weighted by atomic mass is 9.34. The molecule has 42 heavy (non-hydrogen) atoms. The zero-order valence-electron chi connectivity index (χ0n) is 22.3. The molecule has 0 aliphatic carbocycles. The van der Waals surface area contributed by atoms with Crippen molar-refractivity contribution in [3.05, 3.63) is 121 Å². The van der Waals surface area contributed by atoms with Gasteiger partial charge in [-0.15, -0.1) is 0 Å². The van der Waals surface area contributed by atoms with Crippen LogP contribution in [0, 0.1) is 0 Å². The fourth-order valence-electron chi connectivity index (χ4n) is 7.12. The fourth-order valence-corrected chi connectivity index (χ4v) is 7.12. The number of rotatable bonds is 1. The minimum absolute atomic E-state index is 0.0454. The number of hydrogen-bond donors (Lipinski definition) is 0. The maximum Gasteiger partial charge on any atom is 0.260 e. The van der Waals surface area contributed by atoms with Crippen molar-refractivity contribution in [2.45, 2.75) is 0 Å². The molecule has 0 spiro atoms. The van der Waals surface area contributed by atoms with E-state index in [1.165, 1.54) is 0 Å². The maximum atomic E-state index is 6.55. The van der Waals surface area contributed by atoms with Gasteiger partial charge in [0.15, 0.2) is 0 Å². The second-order valence-corrected chi connectivity index (χ2v) is 11.2. The number of ether oxygens (including phenoxy) is 4. The molecule has 4 heterocycles. The molecule has 6 aromatic rings. The highest BCUT2D eigenvalue weighted by atomic mass is 16.5. The van der Waals surface area contributed by atoms with Crippen LogP contribution in [-0.4, -0.2) is 13.4 Å². The summed E-state index contributed by atoms with van der Waals surface area (Å²) in [7, 11) is 0. The SMILES string of the molecule is c1ccc2c(c1)Oc1cc(-c3cc4c5c(c3)Oc3ccccc3B5c3ccccc3O4)cc3c1B2c1ccccc1O3. The van der Waals surface area contributed by atoms with Crippen molar-refractivity contribution < 1.29 is 18.9 Å². The lowest BCUT2D eigenvalue weighted by Crippen LogP contribution is -2.57. The van der Waals surface area contributed by atoms with Crippen molar-refractivity contribution in [2.24, 2.45) is 0 Å². The molecule has 0 unspecified atom stereocenters. The smallest absolute Gasteiger partial charge is 0.260 e. The van der Waals surface area contributed by atoms with Crippen molar-refractivity contribution in [1.82, 2.24) is 0 Å². The van der Waals surface area contributed by atoms with Gasteiger partial charge >= 0.3 is 0 Å². The van der Waals surface area contributed by atoms with Crippen LogP contribution in [-0.2, 0) is 0 Å². The Kier molecular flexibility index (Phi) is 4.32. The van der Waals surface area contributed by atoms with E-state index in [9.17, 15) is 0 Å². The van der Waals surface area contributed by atoms with Gasteiger partial charge in [-0.25, -0.2) is 0 Å². The first-order chi connectivity index (χ1) is 20.8. The average Bonchev–Trinajstić information content (AvgIpc) is 3.04. The molecule has 0 aromatic heterocycles. The van der Waals surface area contributed by atoms with Gasteiger partial charge in [0.2, 0.25) is 0 Å². The summed E-state index contributed by atoms with van der Waals surface area (Å²) in [6.07, 6.45) is 0. The summed E-state index contributed by atoms with van der Waals surface area (Å²) in [4.78, 5) is 0. The summed E-state index contributed by atoms with van der Waals surface area (Å²) in [5.74, 6) is 6.72. The van der Waals surface area contributed by atoms with Crippen molar-refractivity contribution in [3.8, 4) is 57.1 Å². The fraction of sp³-hybridized carbons (Fsp3) is 0. The van der Waals surface area contributed by atoms with Gasteiger partial charge in [0.25, 0.3) is 13.4 Å². The molecule has 0 fully saturated rings. The van der Waals surface area contributed by atoms with Gasteiger partial charge < -0.3 is 18.9 Å². The quantitative estimate of drug-likeness (QED) is 0.282. The molecule has 0 saturated carbocycles. The summed E-state index contributed by atoms with van der Waals surface area (Å²) >= 11 is 0. The van der Waals surface area contributed by atoms with Crippen LogP contribution in [0.15, 0.2) is 121 Å². The Morgan fingerprint density at radius 1 is 0.310 bits per heavy atom. The molecule has 194 valence electrons. The van der Waals surface area contributed by atoms with E-state index in [0.29, 0.717) is 0 Å². The molecule has 0 N–H and O–H groups in total. The van der Waals surface area contributed by atoms with Crippen molar-refractivity contribution in [1.29, 1.82) is 0 Å². The van der Waals surface area contributed by atoms with E-state index in [4.69, 9.17) is 18.9 Å². The molecule has 0 atom stereocenters. The number of hydrogen-bond acceptors (Lipinski definition) is 4. The lowest BCUT2D eigenvalue weighted by Gasteiger charge is -2.34. The van der Waals surface area contributed by atoms with Gasteiger partial charge in [0, 0.05) is 10.9 Å². The summed E-state index contributed by atoms with van der Waals surface area (Å²) < 4.78 is 26.2. The molecule has 6 aromatic carbocycles. The number of benzene rings is 6. The third-order valence-corrected chi connectivity index (χ3v) is 8.92. The van der Waals surface area contributed by atoms with E-state index >= 15 is 0 Å². The summed E-state index contributed by atoms with van der Waals surface area (Å²) in [5, 5.41) is 0. The van der Waals surface area contributed by atoms with E-state index in [1.54, 1.807) is 0 Å². The van der Waals surface area contributed by atoms with Crippen LogP contribution >= 0.6 is 0 Å². The molecular formula is C36H20B2O4. The average molecular weight is 538 g/mol. The van der Waals surface area contributed by atoms with E-state index in [1.807, 2.05) is 48.5 Å². The van der Waals surface area contributed by atoms with Crippen LogP contribution < -0.4 is 51.7 Å². The Bertz CT molecular complexity index is 1840. The molecule has 4 aliphatic rings. The van der Waals surface area contributed by atoms with Crippen LogP contribution in [0.1, 0.15) is 0 Å². The van der Waals surface area contributed by atoms with Crippen LogP contribution in [0.25, 0.3) is 11.1 Å². The largest absolute Gasteiger partial charge is 0.458 e. The number of fused-ring (bicyclic) bond motifs is 8. The minimum atomic E-state index is 0.0454. The molecule has 0 amide bonds. The third-order valence-electron chi connectivity index (χ3n) is 8.92. The summed E-state index contributed by atoms with van der Waals surface area (Å²) in [5.41, 5.74) is 8.67. The van der Waals surface area contributed by atoms with Crippen LogP contribution in [0.5, 0.6) is 46.0 Å². The highest BCUT2D eigenvalue weighted by molar-refractivity contribution is 6.99. The maximum absolute atomic E-state index is 6.55. The Morgan fingerprint density at radius 3 is 0.857 bits per heavy atom. The minimum Gasteiger partial charge on any atom is -0.458 e. The molecule has 4 nitrogen and oxygen atoms in total. The van der Waals surface area contributed by atoms with Gasteiger partial charge in [-0.3, -0.25) is 0 Å². The van der Waals surface area contributed by atoms with Crippen molar-refractivity contribution >= 4 is 46.2 Å². The first-order valence-corrected chi connectivity index (χ1v) is 14.2. The molecule has 10 rings (SSSR count). The molecule has 0 radical (unpaired) electrons.